The lowest BCUT2D eigenvalue weighted by atomic mass is 9.79. The number of benzene rings is 1. The normalized spacial score (nSPS) is 19.9. The first-order valence-electron chi connectivity index (χ1n) is 8.93. The molecule has 25 heavy (non-hydrogen) atoms. The molecular formula is C20H28N4O. The van der Waals surface area contributed by atoms with Gasteiger partial charge in [-0.15, -0.1) is 0 Å². The average molecular weight is 340 g/mol. The highest BCUT2D eigenvalue weighted by Crippen LogP contribution is 2.28. The zero-order valence-corrected chi connectivity index (χ0v) is 15.6. The van der Waals surface area contributed by atoms with Gasteiger partial charge in [-0.3, -0.25) is 4.79 Å². The fourth-order valence-electron chi connectivity index (χ4n) is 3.60. The summed E-state index contributed by atoms with van der Waals surface area (Å²) in [5, 5.41) is 4.65. The van der Waals surface area contributed by atoms with Crippen molar-refractivity contribution < 1.29 is 4.79 Å². The number of aromatic nitrogens is 2. The van der Waals surface area contributed by atoms with E-state index in [0.29, 0.717) is 6.42 Å². The Morgan fingerprint density at radius 2 is 1.96 bits per heavy atom. The van der Waals surface area contributed by atoms with Gasteiger partial charge in [0.1, 0.15) is 0 Å². The number of amides is 1. The summed E-state index contributed by atoms with van der Waals surface area (Å²) in [6.45, 7) is 9.76. The Balaban J connectivity index is 1.80. The zero-order valence-electron chi connectivity index (χ0n) is 15.6. The molecule has 3 rings (SSSR count). The van der Waals surface area contributed by atoms with Gasteiger partial charge in [-0.25, -0.2) is 4.68 Å². The topological polar surface area (TPSA) is 64.2 Å². The lowest BCUT2D eigenvalue weighted by molar-refractivity contribution is -0.133. The summed E-state index contributed by atoms with van der Waals surface area (Å²) in [6.07, 6.45) is 1.26. The highest BCUT2D eigenvalue weighted by Gasteiger charge is 2.35. The van der Waals surface area contributed by atoms with Crippen LogP contribution < -0.4 is 5.73 Å². The third kappa shape index (κ3) is 3.47. The van der Waals surface area contributed by atoms with Crippen LogP contribution >= 0.6 is 0 Å². The molecule has 1 aliphatic heterocycles. The van der Waals surface area contributed by atoms with Gasteiger partial charge in [0.05, 0.1) is 17.8 Å². The SMILES string of the molecule is Cc1nn(-c2ccccc2)c(C)c1CC(=O)N1CCC(N)C(C)(C)C1. The summed E-state index contributed by atoms with van der Waals surface area (Å²) >= 11 is 0. The van der Waals surface area contributed by atoms with E-state index in [0.717, 1.165) is 42.1 Å². The van der Waals surface area contributed by atoms with Crippen molar-refractivity contribution in [1.82, 2.24) is 14.7 Å². The Bertz CT molecular complexity index is 764. The molecule has 2 N–H and O–H groups in total. The molecular weight excluding hydrogens is 312 g/mol. The van der Waals surface area contributed by atoms with Gasteiger partial charge in [0, 0.05) is 30.4 Å². The van der Waals surface area contributed by atoms with Gasteiger partial charge in [-0.2, -0.15) is 5.10 Å². The number of hydrogen-bond donors (Lipinski definition) is 1. The summed E-state index contributed by atoms with van der Waals surface area (Å²) in [6, 6.07) is 10.2. The number of hydrogen-bond acceptors (Lipinski definition) is 3. The van der Waals surface area contributed by atoms with E-state index in [4.69, 9.17) is 5.73 Å². The van der Waals surface area contributed by atoms with Crippen molar-refractivity contribution in [2.75, 3.05) is 13.1 Å². The van der Waals surface area contributed by atoms with E-state index in [2.05, 4.69) is 18.9 Å². The van der Waals surface area contributed by atoms with E-state index in [1.165, 1.54) is 0 Å². The molecule has 1 amide bonds. The molecule has 0 radical (unpaired) electrons. The fraction of sp³-hybridized carbons (Fsp3) is 0.500. The average Bonchev–Trinajstić information content (AvgIpc) is 2.86. The van der Waals surface area contributed by atoms with Crippen LogP contribution in [-0.2, 0) is 11.2 Å². The standard InChI is InChI=1S/C20H28N4O/c1-14-17(15(2)24(22-14)16-8-6-5-7-9-16)12-19(25)23-11-10-18(21)20(3,4)13-23/h5-9,18H,10-13,21H2,1-4H3. The summed E-state index contributed by atoms with van der Waals surface area (Å²) in [4.78, 5) is 14.8. The second kappa shape index (κ2) is 6.64. The highest BCUT2D eigenvalue weighted by molar-refractivity contribution is 5.79. The summed E-state index contributed by atoms with van der Waals surface area (Å²) in [5.74, 6) is 0.166. The van der Waals surface area contributed by atoms with E-state index < -0.39 is 0 Å². The number of nitrogens with zero attached hydrogens (tertiary/aromatic N) is 3. The number of para-hydroxylation sites is 1. The van der Waals surface area contributed by atoms with Crippen molar-refractivity contribution in [2.24, 2.45) is 11.1 Å². The Hall–Kier alpha value is -2.14. The van der Waals surface area contributed by atoms with E-state index in [-0.39, 0.29) is 17.4 Å². The molecule has 1 aliphatic rings. The minimum atomic E-state index is -0.0355. The van der Waals surface area contributed by atoms with E-state index >= 15 is 0 Å². The number of likely N-dealkylation sites (tertiary alicyclic amines) is 1. The predicted octanol–water partition coefficient (Wildman–Crippen LogP) is 2.62. The lowest BCUT2D eigenvalue weighted by Crippen LogP contribution is -2.54. The lowest BCUT2D eigenvalue weighted by Gasteiger charge is -2.42. The molecule has 2 aromatic rings. The molecule has 1 fully saturated rings. The second-order valence-electron chi connectivity index (χ2n) is 7.77. The van der Waals surface area contributed by atoms with Crippen LogP contribution in [0.2, 0.25) is 0 Å². The molecule has 0 aliphatic carbocycles. The van der Waals surface area contributed by atoms with Crippen LogP contribution in [0.3, 0.4) is 0 Å². The third-order valence-corrected chi connectivity index (χ3v) is 5.43. The summed E-state index contributed by atoms with van der Waals surface area (Å²) in [7, 11) is 0. The molecule has 0 bridgehead atoms. The molecule has 5 heteroatoms. The van der Waals surface area contributed by atoms with E-state index in [9.17, 15) is 4.79 Å². The molecule has 0 saturated carbocycles. The van der Waals surface area contributed by atoms with Gasteiger partial charge in [-0.1, -0.05) is 32.0 Å². The fourth-order valence-corrected chi connectivity index (χ4v) is 3.60. The highest BCUT2D eigenvalue weighted by atomic mass is 16.2. The molecule has 5 nitrogen and oxygen atoms in total. The number of aryl methyl sites for hydroxylation is 1. The first-order chi connectivity index (χ1) is 11.8. The van der Waals surface area contributed by atoms with Gasteiger partial charge in [0.15, 0.2) is 0 Å². The maximum absolute atomic E-state index is 12.9. The molecule has 134 valence electrons. The van der Waals surface area contributed by atoms with Crippen molar-refractivity contribution in [3.63, 3.8) is 0 Å². The second-order valence-corrected chi connectivity index (χ2v) is 7.77. The zero-order chi connectivity index (χ0) is 18.2. The smallest absolute Gasteiger partial charge is 0.227 e. The monoisotopic (exact) mass is 340 g/mol. The molecule has 1 saturated heterocycles. The molecule has 2 heterocycles. The number of carbonyl (C=O) groups excluding carboxylic acids is 1. The van der Waals surface area contributed by atoms with Gasteiger partial charge < -0.3 is 10.6 Å². The van der Waals surface area contributed by atoms with Crippen LogP contribution in [0, 0.1) is 19.3 Å². The summed E-state index contributed by atoms with van der Waals surface area (Å²) < 4.78 is 1.92. The minimum Gasteiger partial charge on any atom is -0.342 e. The van der Waals surface area contributed by atoms with Crippen LogP contribution in [0.25, 0.3) is 5.69 Å². The van der Waals surface area contributed by atoms with Gasteiger partial charge in [0.2, 0.25) is 5.91 Å². The van der Waals surface area contributed by atoms with Crippen LogP contribution in [0.4, 0.5) is 0 Å². The summed E-state index contributed by atoms with van der Waals surface area (Å²) in [5.41, 5.74) is 10.2. The Kier molecular flexibility index (Phi) is 4.69. The van der Waals surface area contributed by atoms with Crippen molar-refractivity contribution >= 4 is 5.91 Å². The van der Waals surface area contributed by atoms with Crippen LogP contribution in [0.15, 0.2) is 30.3 Å². The van der Waals surface area contributed by atoms with Crippen LogP contribution in [0.1, 0.15) is 37.2 Å². The van der Waals surface area contributed by atoms with E-state index in [1.54, 1.807) is 0 Å². The molecule has 1 aromatic carbocycles. The van der Waals surface area contributed by atoms with Crippen molar-refractivity contribution in [3.05, 3.63) is 47.3 Å². The number of nitrogens with two attached hydrogens (primary N) is 1. The number of rotatable bonds is 3. The minimum absolute atomic E-state index is 0.0355. The Morgan fingerprint density at radius 1 is 1.28 bits per heavy atom. The van der Waals surface area contributed by atoms with Gasteiger partial charge >= 0.3 is 0 Å². The third-order valence-electron chi connectivity index (χ3n) is 5.43. The number of carbonyl (C=O) groups is 1. The molecule has 1 aromatic heterocycles. The van der Waals surface area contributed by atoms with Crippen molar-refractivity contribution in [3.8, 4) is 5.69 Å². The predicted molar refractivity (Wildman–Crippen MR) is 99.7 cm³/mol. The van der Waals surface area contributed by atoms with Gasteiger partial charge in [0.25, 0.3) is 0 Å². The van der Waals surface area contributed by atoms with Gasteiger partial charge in [-0.05, 0) is 37.8 Å². The molecule has 0 spiro atoms. The number of piperidine rings is 1. The largest absolute Gasteiger partial charge is 0.342 e. The first-order valence-corrected chi connectivity index (χ1v) is 8.93. The Morgan fingerprint density at radius 3 is 2.60 bits per heavy atom. The molecule has 1 unspecified atom stereocenters. The Labute approximate surface area is 149 Å². The maximum atomic E-state index is 12.9. The maximum Gasteiger partial charge on any atom is 0.227 e. The van der Waals surface area contributed by atoms with E-state index in [1.807, 2.05) is 53.8 Å². The van der Waals surface area contributed by atoms with Crippen molar-refractivity contribution in [1.29, 1.82) is 0 Å². The van der Waals surface area contributed by atoms with Crippen molar-refractivity contribution in [2.45, 2.75) is 46.6 Å². The van der Waals surface area contributed by atoms with Crippen LogP contribution in [-0.4, -0.2) is 39.7 Å². The van der Waals surface area contributed by atoms with Crippen LogP contribution in [0.5, 0.6) is 0 Å². The molecule has 1 atom stereocenters. The quantitative estimate of drug-likeness (QED) is 0.934. The first kappa shape index (κ1) is 17.7.